The molecule has 1 aromatic rings. The van der Waals surface area contributed by atoms with E-state index in [1.165, 1.54) is 0 Å². The first kappa shape index (κ1) is 16.2. The van der Waals surface area contributed by atoms with Crippen LogP contribution < -0.4 is 16.4 Å². The van der Waals surface area contributed by atoms with Crippen molar-refractivity contribution in [3.63, 3.8) is 0 Å². The van der Waals surface area contributed by atoms with Crippen molar-refractivity contribution in [3.05, 3.63) is 35.9 Å². The van der Waals surface area contributed by atoms with Gasteiger partial charge in [0.25, 0.3) is 5.91 Å². The molecule has 1 aromatic carbocycles. The Balaban J connectivity index is 2.69. The van der Waals surface area contributed by atoms with Gasteiger partial charge in [-0.25, -0.2) is 0 Å². The van der Waals surface area contributed by atoms with Crippen LogP contribution in [0.4, 0.5) is 0 Å². The quantitative estimate of drug-likeness (QED) is 0.692. The summed E-state index contributed by atoms with van der Waals surface area (Å²) in [4.78, 5) is 24.1. The van der Waals surface area contributed by atoms with Crippen LogP contribution in [0.15, 0.2) is 30.3 Å². The van der Waals surface area contributed by atoms with Crippen molar-refractivity contribution in [2.45, 2.75) is 26.3 Å². The molecule has 0 saturated carbocycles. The van der Waals surface area contributed by atoms with Crippen LogP contribution in [0.1, 0.15) is 30.6 Å². The Hall–Kier alpha value is -1.88. The zero-order chi connectivity index (χ0) is 15.0. The SMILES string of the molecule is CC(C)C[C@H](NC(=O)c1ccccc1)C(=O)NCCN. The molecule has 0 heterocycles. The Morgan fingerprint density at radius 2 is 1.85 bits per heavy atom. The van der Waals surface area contributed by atoms with E-state index in [0.29, 0.717) is 31.0 Å². The second-order valence-electron chi connectivity index (χ2n) is 5.10. The highest BCUT2D eigenvalue weighted by Gasteiger charge is 2.21. The molecule has 0 saturated heterocycles. The van der Waals surface area contributed by atoms with E-state index >= 15 is 0 Å². The first-order chi connectivity index (χ1) is 9.54. The van der Waals surface area contributed by atoms with E-state index in [9.17, 15) is 9.59 Å². The molecule has 0 fully saturated rings. The first-order valence-corrected chi connectivity index (χ1v) is 6.88. The minimum Gasteiger partial charge on any atom is -0.353 e. The van der Waals surface area contributed by atoms with Gasteiger partial charge in [0, 0.05) is 18.7 Å². The average molecular weight is 277 g/mol. The summed E-state index contributed by atoms with van der Waals surface area (Å²) in [6.45, 7) is 4.82. The highest BCUT2D eigenvalue weighted by Crippen LogP contribution is 2.07. The van der Waals surface area contributed by atoms with Crippen LogP contribution in [0.2, 0.25) is 0 Å². The molecule has 0 aliphatic rings. The molecular weight excluding hydrogens is 254 g/mol. The zero-order valence-corrected chi connectivity index (χ0v) is 12.1. The fourth-order valence-corrected chi connectivity index (χ4v) is 1.85. The van der Waals surface area contributed by atoms with Gasteiger partial charge in [-0.2, -0.15) is 0 Å². The van der Waals surface area contributed by atoms with Crippen LogP contribution in [-0.4, -0.2) is 30.9 Å². The van der Waals surface area contributed by atoms with Crippen LogP contribution in [0.5, 0.6) is 0 Å². The van der Waals surface area contributed by atoms with Crippen molar-refractivity contribution in [3.8, 4) is 0 Å². The second-order valence-corrected chi connectivity index (χ2v) is 5.10. The molecule has 0 spiro atoms. The lowest BCUT2D eigenvalue weighted by Crippen LogP contribution is -2.48. The van der Waals surface area contributed by atoms with Gasteiger partial charge in [0.05, 0.1) is 0 Å². The summed E-state index contributed by atoms with van der Waals surface area (Å²) in [6.07, 6.45) is 0.592. The Morgan fingerprint density at radius 3 is 2.40 bits per heavy atom. The molecule has 1 atom stereocenters. The van der Waals surface area contributed by atoms with Gasteiger partial charge in [0.15, 0.2) is 0 Å². The maximum Gasteiger partial charge on any atom is 0.251 e. The highest BCUT2D eigenvalue weighted by molar-refractivity contribution is 5.97. The molecule has 110 valence electrons. The number of nitrogens with one attached hydrogen (secondary N) is 2. The lowest BCUT2D eigenvalue weighted by Gasteiger charge is -2.20. The predicted molar refractivity (Wildman–Crippen MR) is 79.2 cm³/mol. The van der Waals surface area contributed by atoms with Crippen molar-refractivity contribution in [1.29, 1.82) is 0 Å². The molecule has 20 heavy (non-hydrogen) atoms. The number of carbonyl (C=O) groups is 2. The van der Waals surface area contributed by atoms with E-state index in [1.54, 1.807) is 24.3 Å². The topological polar surface area (TPSA) is 84.2 Å². The van der Waals surface area contributed by atoms with Crippen molar-refractivity contribution in [2.24, 2.45) is 11.7 Å². The Bertz CT molecular complexity index is 432. The van der Waals surface area contributed by atoms with Gasteiger partial charge >= 0.3 is 0 Å². The zero-order valence-electron chi connectivity index (χ0n) is 12.1. The molecule has 0 unspecified atom stereocenters. The normalized spacial score (nSPS) is 12.0. The maximum atomic E-state index is 12.1. The maximum absolute atomic E-state index is 12.1. The largest absolute Gasteiger partial charge is 0.353 e. The van der Waals surface area contributed by atoms with Gasteiger partial charge in [-0.15, -0.1) is 0 Å². The molecular formula is C15H23N3O2. The van der Waals surface area contributed by atoms with Crippen LogP contribution >= 0.6 is 0 Å². The number of rotatable bonds is 7. The first-order valence-electron chi connectivity index (χ1n) is 6.88. The molecule has 0 radical (unpaired) electrons. The summed E-state index contributed by atoms with van der Waals surface area (Å²) >= 11 is 0. The lowest BCUT2D eigenvalue weighted by atomic mass is 10.0. The standard InChI is InChI=1S/C15H23N3O2/c1-11(2)10-13(15(20)17-9-8-16)18-14(19)12-6-4-3-5-7-12/h3-7,11,13H,8-10,16H2,1-2H3,(H,17,20)(H,18,19)/t13-/m0/s1. The average Bonchev–Trinajstić information content (AvgIpc) is 2.44. The van der Waals surface area contributed by atoms with Gasteiger partial charge in [-0.05, 0) is 24.5 Å². The second kappa shape index (κ2) is 8.32. The molecule has 2 amide bonds. The van der Waals surface area contributed by atoms with Gasteiger partial charge in [-0.3, -0.25) is 9.59 Å². The van der Waals surface area contributed by atoms with Crippen LogP contribution in [-0.2, 0) is 4.79 Å². The van der Waals surface area contributed by atoms with Crippen molar-refractivity contribution in [2.75, 3.05) is 13.1 Å². The molecule has 4 N–H and O–H groups in total. The number of benzene rings is 1. The number of hydrogen-bond acceptors (Lipinski definition) is 3. The predicted octanol–water partition coefficient (Wildman–Crippen LogP) is 0.906. The van der Waals surface area contributed by atoms with Gasteiger partial charge in [0.2, 0.25) is 5.91 Å². The van der Waals surface area contributed by atoms with Gasteiger partial charge in [0.1, 0.15) is 6.04 Å². The molecule has 0 bridgehead atoms. The lowest BCUT2D eigenvalue weighted by molar-refractivity contribution is -0.123. The third-order valence-corrected chi connectivity index (χ3v) is 2.81. The molecule has 0 aromatic heterocycles. The van der Waals surface area contributed by atoms with E-state index in [1.807, 2.05) is 19.9 Å². The fraction of sp³-hybridized carbons (Fsp3) is 0.467. The third-order valence-electron chi connectivity index (χ3n) is 2.81. The van der Waals surface area contributed by atoms with E-state index in [-0.39, 0.29) is 11.8 Å². The summed E-state index contributed by atoms with van der Waals surface area (Å²) in [7, 11) is 0. The smallest absolute Gasteiger partial charge is 0.251 e. The highest BCUT2D eigenvalue weighted by atomic mass is 16.2. The summed E-state index contributed by atoms with van der Waals surface area (Å²) in [5, 5.41) is 5.50. The Morgan fingerprint density at radius 1 is 1.20 bits per heavy atom. The minimum atomic E-state index is -0.533. The number of hydrogen-bond donors (Lipinski definition) is 3. The van der Waals surface area contributed by atoms with Crippen molar-refractivity contribution < 1.29 is 9.59 Å². The molecule has 0 aliphatic heterocycles. The minimum absolute atomic E-state index is 0.187. The van der Waals surface area contributed by atoms with E-state index in [4.69, 9.17) is 5.73 Å². The van der Waals surface area contributed by atoms with Crippen LogP contribution in [0.25, 0.3) is 0 Å². The number of amides is 2. The van der Waals surface area contributed by atoms with Crippen LogP contribution in [0.3, 0.4) is 0 Å². The number of carbonyl (C=O) groups excluding carboxylic acids is 2. The van der Waals surface area contributed by atoms with Crippen molar-refractivity contribution in [1.82, 2.24) is 10.6 Å². The fourth-order valence-electron chi connectivity index (χ4n) is 1.85. The van der Waals surface area contributed by atoms with E-state index < -0.39 is 6.04 Å². The van der Waals surface area contributed by atoms with Crippen molar-refractivity contribution >= 4 is 11.8 Å². The monoisotopic (exact) mass is 277 g/mol. The summed E-state index contributed by atoms with van der Waals surface area (Å²) in [5.74, 6) is -0.118. The summed E-state index contributed by atoms with van der Waals surface area (Å²) in [5.41, 5.74) is 5.92. The Labute approximate surface area is 119 Å². The third kappa shape index (κ3) is 5.40. The molecule has 5 heteroatoms. The molecule has 0 aliphatic carbocycles. The molecule has 5 nitrogen and oxygen atoms in total. The van der Waals surface area contributed by atoms with Gasteiger partial charge < -0.3 is 16.4 Å². The summed E-state index contributed by atoms with van der Waals surface area (Å²) in [6, 6.07) is 8.34. The van der Waals surface area contributed by atoms with Crippen LogP contribution in [0, 0.1) is 5.92 Å². The Kier molecular flexibility index (Phi) is 6.73. The van der Waals surface area contributed by atoms with E-state index in [2.05, 4.69) is 10.6 Å². The number of nitrogens with two attached hydrogens (primary N) is 1. The van der Waals surface area contributed by atoms with Gasteiger partial charge in [-0.1, -0.05) is 32.0 Å². The molecule has 1 rings (SSSR count). The van der Waals surface area contributed by atoms with E-state index in [0.717, 1.165) is 0 Å². The summed E-state index contributed by atoms with van der Waals surface area (Å²) < 4.78 is 0.